The van der Waals surface area contributed by atoms with Crippen molar-refractivity contribution < 1.29 is 13.9 Å². The number of H-pyrrole nitrogens is 1. The van der Waals surface area contributed by atoms with Gasteiger partial charge in [0, 0.05) is 31.9 Å². The van der Waals surface area contributed by atoms with Gasteiger partial charge in [0.25, 0.3) is 0 Å². The third kappa shape index (κ3) is 5.51. The Bertz CT molecular complexity index is 1200. The number of nitrogens with zero attached hydrogens (tertiary/aromatic N) is 5. The molecule has 4 aromatic rings. The lowest BCUT2D eigenvalue weighted by Crippen LogP contribution is -2.51. The van der Waals surface area contributed by atoms with E-state index in [1.807, 2.05) is 0 Å². The molecule has 0 radical (unpaired) electrons. The van der Waals surface area contributed by atoms with E-state index in [9.17, 15) is 13.9 Å². The number of halogens is 2. The molecule has 0 saturated carbocycles. The van der Waals surface area contributed by atoms with Gasteiger partial charge in [0.2, 0.25) is 0 Å². The van der Waals surface area contributed by atoms with Crippen molar-refractivity contribution in [3.8, 4) is 0 Å². The number of imidazole rings is 1. The fourth-order valence-electron chi connectivity index (χ4n) is 4.49. The number of hydrogen-bond donors (Lipinski definition) is 2. The molecule has 0 spiro atoms. The Morgan fingerprint density at radius 1 is 0.857 bits per heavy atom. The van der Waals surface area contributed by atoms with Crippen LogP contribution in [0.3, 0.4) is 0 Å². The second kappa shape index (κ2) is 10.8. The zero-order valence-corrected chi connectivity index (χ0v) is 19.8. The van der Waals surface area contributed by atoms with Crippen molar-refractivity contribution in [3.05, 3.63) is 83.9 Å². The molecule has 182 valence electrons. The van der Waals surface area contributed by atoms with Gasteiger partial charge in [0.1, 0.15) is 34.7 Å². The van der Waals surface area contributed by atoms with Crippen LogP contribution in [0.5, 0.6) is 0 Å². The van der Waals surface area contributed by atoms with Crippen LogP contribution in [0.4, 0.5) is 8.78 Å². The van der Waals surface area contributed by atoms with E-state index in [-0.39, 0.29) is 17.7 Å². The van der Waals surface area contributed by atoms with Crippen LogP contribution in [0, 0.1) is 11.6 Å². The molecule has 2 aromatic carbocycles. The standard InChI is InChI=1S/C25H26F2N6OS/c26-19-5-1-17(2-6-19)23(18-3-7-20(27)8-4-18)33-12-10-32(11-13-33)21(34)9-14-35-25-22-24(29-15-28-22)30-16-31-25/h1-8,15-16,21,23,34H,9-14H2,(H,28,29,30,31). The number of aliphatic hydroxyl groups is 1. The SMILES string of the molecule is OC(CCSc1ncnc2nc[nH]c12)N1CCN(C(c2ccc(F)cc2)c2ccc(F)cc2)CC1. The number of thioether (sulfide) groups is 1. The molecule has 1 aliphatic heterocycles. The Morgan fingerprint density at radius 2 is 1.46 bits per heavy atom. The number of aromatic nitrogens is 4. The molecule has 0 amide bonds. The van der Waals surface area contributed by atoms with Gasteiger partial charge in [-0.05, 0) is 41.8 Å². The largest absolute Gasteiger partial charge is 0.378 e. The highest BCUT2D eigenvalue weighted by atomic mass is 32.2. The van der Waals surface area contributed by atoms with Crippen LogP contribution in [-0.4, -0.2) is 73.0 Å². The maximum atomic E-state index is 13.5. The summed E-state index contributed by atoms with van der Waals surface area (Å²) in [7, 11) is 0. The molecule has 1 fully saturated rings. The molecule has 10 heteroatoms. The van der Waals surface area contributed by atoms with Crippen molar-refractivity contribution in [1.82, 2.24) is 29.7 Å². The number of benzene rings is 2. The van der Waals surface area contributed by atoms with Crippen molar-refractivity contribution in [2.75, 3.05) is 31.9 Å². The maximum Gasteiger partial charge on any atom is 0.181 e. The fraction of sp³-hybridized carbons (Fsp3) is 0.320. The number of rotatable bonds is 8. The highest BCUT2D eigenvalue weighted by molar-refractivity contribution is 7.99. The molecule has 1 unspecified atom stereocenters. The lowest BCUT2D eigenvalue weighted by molar-refractivity contribution is -0.0309. The maximum absolute atomic E-state index is 13.5. The van der Waals surface area contributed by atoms with Crippen LogP contribution < -0.4 is 0 Å². The monoisotopic (exact) mass is 496 g/mol. The van der Waals surface area contributed by atoms with Gasteiger partial charge in [-0.15, -0.1) is 11.8 Å². The summed E-state index contributed by atoms with van der Waals surface area (Å²) in [6.45, 7) is 2.85. The van der Waals surface area contributed by atoms with Gasteiger partial charge in [0.05, 0.1) is 12.4 Å². The number of piperazine rings is 1. The van der Waals surface area contributed by atoms with E-state index >= 15 is 0 Å². The molecule has 1 atom stereocenters. The summed E-state index contributed by atoms with van der Waals surface area (Å²) in [5.74, 6) is 0.139. The van der Waals surface area contributed by atoms with Crippen molar-refractivity contribution in [2.24, 2.45) is 0 Å². The summed E-state index contributed by atoms with van der Waals surface area (Å²) in [4.78, 5) is 20.0. The highest BCUT2D eigenvalue weighted by Crippen LogP contribution is 2.30. The lowest BCUT2D eigenvalue weighted by atomic mass is 9.96. The van der Waals surface area contributed by atoms with E-state index in [0.717, 1.165) is 34.8 Å². The second-order valence-electron chi connectivity index (χ2n) is 8.48. The highest BCUT2D eigenvalue weighted by Gasteiger charge is 2.28. The fourth-order valence-corrected chi connectivity index (χ4v) is 5.43. The topological polar surface area (TPSA) is 81.2 Å². The predicted octanol–water partition coefficient (Wildman–Crippen LogP) is 3.84. The molecule has 1 saturated heterocycles. The molecule has 5 rings (SSSR count). The summed E-state index contributed by atoms with van der Waals surface area (Å²) in [6, 6.07) is 12.8. The average Bonchev–Trinajstić information content (AvgIpc) is 3.37. The molecule has 3 heterocycles. The molecular weight excluding hydrogens is 470 g/mol. The summed E-state index contributed by atoms with van der Waals surface area (Å²) in [5, 5.41) is 11.6. The summed E-state index contributed by atoms with van der Waals surface area (Å²) in [6.07, 6.45) is 3.14. The summed E-state index contributed by atoms with van der Waals surface area (Å²) >= 11 is 1.57. The first-order valence-corrected chi connectivity index (χ1v) is 12.5. The normalized spacial score (nSPS) is 16.2. The second-order valence-corrected chi connectivity index (χ2v) is 9.56. The zero-order valence-electron chi connectivity index (χ0n) is 19.0. The van der Waals surface area contributed by atoms with Gasteiger partial charge in [-0.3, -0.25) is 9.80 Å². The minimum absolute atomic E-state index is 0.111. The Balaban J connectivity index is 1.20. The lowest BCUT2D eigenvalue weighted by Gasteiger charge is -2.41. The van der Waals surface area contributed by atoms with E-state index < -0.39 is 6.23 Å². The first-order valence-electron chi connectivity index (χ1n) is 11.5. The third-order valence-electron chi connectivity index (χ3n) is 6.31. The van der Waals surface area contributed by atoms with Gasteiger partial charge in [0.15, 0.2) is 5.65 Å². The Kier molecular flexibility index (Phi) is 7.33. The minimum atomic E-state index is -0.557. The Hall–Kier alpha value is -2.92. The molecule has 0 bridgehead atoms. The van der Waals surface area contributed by atoms with E-state index in [4.69, 9.17) is 0 Å². The molecule has 1 aliphatic rings. The van der Waals surface area contributed by atoms with Crippen molar-refractivity contribution >= 4 is 22.9 Å². The third-order valence-corrected chi connectivity index (χ3v) is 7.33. The molecule has 35 heavy (non-hydrogen) atoms. The number of hydrogen-bond acceptors (Lipinski definition) is 7. The van der Waals surface area contributed by atoms with Crippen molar-refractivity contribution in [1.29, 1.82) is 0 Å². The van der Waals surface area contributed by atoms with E-state index in [2.05, 4.69) is 29.7 Å². The quantitative estimate of drug-likeness (QED) is 0.283. The van der Waals surface area contributed by atoms with Crippen molar-refractivity contribution in [3.63, 3.8) is 0 Å². The van der Waals surface area contributed by atoms with E-state index in [1.165, 1.54) is 30.6 Å². The number of aliphatic hydroxyl groups excluding tert-OH is 1. The van der Waals surface area contributed by atoms with Crippen LogP contribution in [0.15, 0.2) is 66.2 Å². The molecular formula is C25H26F2N6OS. The van der Waals surface area contributed by atoms with Crippen molar-refractivity contribution in [2.45, 2.75) is 23.7 Å². The first kappa shape index (κ1) is 23.8. The molecule has 0 aliphatic carbocycles. The zero-order chi connectivity index (χ0) is 24.2. The van der Waals surface area contributed by atoms with Gasteiger partial charge < -0.3 is 10.1 Å². The number of aromatic amines is 1. The van der Waals surface area contributed by atoms with Crippen LogP contribution in [-0.2, 0) is 0 Å². The first-order chi connectivity index (χ1) is 17.1. The Morgan fingerprint density at radius 3 is 2.09 bits per heavy atom. The molecule has 2 aromatic heterocycles. The summed E-state index contributed by atoms with van der Waals surface area (Å²) < 4.78 is 27.1. The van der Waals surface area contributed by atoms with Crippen LogP contribution in [0.2, 0.25) is 0 Å². The van der Waals surface area contributed by atoms with Gasteiger partial charge in [-0.25, -0.2) is 23.7 Å². The molecule has 2 N–H and O–H groups in total. The van der Waals surface area contributed by atoms with E-state index in [1.54, 1.807) is 42.4 Å². The van der Waals surface area contributed by atoms with Gasteiger partial charge >= 0.3 is 0 Å². The average molecular weight is 497 g/mol. The summed E-state index contributed by atoms with van der Waals surface area (Å²) in [5.41, 5.74) is 3.36. The smallest absolute Gasteiger partial charge is 0.181 e. The number of fused-ring (bicyclic) bond motifs is 1. The van der Waals surface area contributed by atoms with Gasteiger partial charge in [-0.2, -0.15) is 0 Å². The minimum Gasteiger partial charge on any atom is -0.378 e. The van der Waals surface area contributed by atoms with Gasteiger partial charge in [-0.1, -0.05) is 24.3 Å². The molecule has 7 nitrogen and oxygen atoms in total. The number of nitrogens with one attached hydrogen (secondary N) is 1. The van der Waals surface area contributed by atoms with Crippen LogP contribution >= 0.6 is 11.8 Å². The Labute approximate surface area is 206 Å². The van der Waals surface area contributed by atoms with E-state index in [0.29, 0.717) is 30.9 Å². The predicted molar refractivity (Wildman–Crippen MR) is 131 cm³/mol. The van der Waals surface area contributed by atoms with Crippen LogP contribution in [0.1, 0.15) is 23.6 Å². The van der Waals surface area contributed by atoms with Crippen LogP contribution in [0.25, 0.3) is 11.2 Å².